The number of anilines is 1. The lowest BCUT2D eigenvalue weighted by Crippen LogP contribution is -2.22. The van der Waals surface area contributed by atoms with Gasteiger partial charge < -0.3 is 10.0 Å². The number of carboxylic acids is 1. The highest BCUT2D eigenvalue weighted by atomic mass is 32.1. The summed E-state index contributed by atoms with van der Waals surface area (Å²) in [6.07, 6.45) is 0. The van der Waals surface area contributed by atoms with Crippen molar-refractivity contribution in [3.8, 4) is 0 Å². The molecule has 0 spiro atoms. The second-order valence-corrected chi connectivity index (χ2v) is 5.39. The number of nitrogens with zero attached hydrogens (tertiary/aromatic N) is 2. The van der Waals surface area contributed by atoms with Crippen molar-refractivity contribution in [1.29, 1.82) is 0 Å². The Morgan fingerprint density at radius 2 is 2.19 bits per heavy atom. The number of benzene rings is 1. The van der Waals surface area contributed by atoms with Gasteiger partial charge in [0.05, 0.1) is 17.0 Å². The highest BCUT2D eigenvalue weighted by molar-refractivity contribution is 7.09. The Labute approximate surface area is 125 Å². The maximum absolute atomic E-state index is 11.2. The highest BCUT2D eigenvalue weighted by Crippen LogP contribution is 2.31. The first kappa shape index (κ1) is 15.0. The summed E-state index contributed by atoms with van der Waals surface area (Å²) in [7, 11) is 0. The number of nitro benzene ring substituents is 1. The second-order valence-electron chi connectivity index (χ2n) is 4.36. The van der Waals surface area contributed by atoms with Crippen molar-refractivity contribution in [2.45, 2.75) is 13.5 Å². The largest absolute Gasteiger partial charge is 0.478 e. The molecule has 6 nitrogen and oxygen atoms in total. The normalized spacial score (nSPS) is 10.3. The van der Waals surface area contributed by atoms with E-state index in [1.165, 1.54) is 18.2 Å². The van der Waals surface area contributed by atoms with Gasteiger partial charge in [0.15, 0.2) is 0 Å². The summed E-state index contributed by atoms with van der Waals surface area (Å²) in [6.45, 7) is 2.94. The van der Waals surface area contributed by atoms with E-state index in [2.05, 4.69) is 0 Å². The molecular weight excluding hydrogens is 292 g/mol. The maximum atomic E-state index is 11.2. The Morgan fingerprint density at radius 1 is 1.43 bits per heavy atom. The average molecular weight is 306 g/mol. The van der Waals surface area contributed by atoms with Crippen molar-refractivity contribution < 1.29 is 14.8 Å². The minimum Gasteiger partial charge on any atom is -0.478 e. The van der Waals surface area contributed by atoms with Crippen LogP contribution < -0.4 is 4.90 Å². The number of carbonyl (C=O) groups is 1. The SMILES string of the molecule is CCN(Cc1cccs1)c1cc(C(=O)O)ccc1[N+](=O)[O-]. The van der Waals surface area contributed by atoms with Gasteiger partial charge in [0.1, 0.15) is 5.69 Å². The lowest BCUT2D eigenvalue weighted by molar-refractivity contribution is -0.384. The molecule has 1 N–H and O–H groups in total. The molecule has 0 aliphatic rings. The summed E-state index contributed by atoms with van der Waals surface area (Å²) in [5, 5.41) is 22.2. The number of hydrogen-bond acceptors (Lipinski definition) is 5. The van der Waals surface area contributed by atoms with Crippen molar-refractivity contribution in [2.24, 2.45) is 0 Å². The first-order chi connectivity index (χ1) is 10.0. The Kier molecular flexibility index (Phi) is 4.54. The number of aromatic carboxylic acids is 1. The van der Waals surface area contributed by atoms with Crippen LogP contribution in [0.3, 0.4) is 0 Å². The topological polar surface area (TPSA) is 83.7 Å². The predicted octanol–water partition coefficient (Wildman–Crippen LogP) is 3.38. The maximum Gasteiger partial charge on any atom is 0.335 e. The molecule has 0 amide bonds. The summed E-state index contributed by atoms with van der Waals surface area (Å²) in [5.74, 6) is -1.10. The van der Waals surface area contributed by atoms with Gasteiger partial charge in [0.2, 0.25) is 0 Å². The van der Waals surface area contributed by atoms with E-state index in [4.69, 9.17) is 5.11 Å². The number of hydrogen-bond donors (Lipinski definition) is 1. The quantitative estimate of drug-likeness (QED) is 0.653. The first-order valence-corrected chi connectivity index (χ1v) is 7.20. The molecule has 1 aromatic heterocycles. The van der Waals surface area contributed by atoms with Crippen LogP contribution in [0.5, 0.6) is 0 Å². The molecular formula is C14H14N2O4S. The molecule has 21 heavy (non-hydrogen) atoms. The molecule has 2 rings (SSSR count). The van der Waals surface area contributed by atoms with Gasteiger partial charge in [-0.05, 0) is 30.5 Å². The zero-order valence-electron chi connectivity index (χ0n) is 11.4. The molecule has 1 heterocycles. The van der Waals surface area contributed by atoms with Crippen LogP contribution >= 0.6 is 11.3 Å². The minimum absolute atomic E-state index is 0.0419. The molecule has 110 valence electrons. The lowest BCUT2D eigenvalue weighted by Gasteiger charge is -2.22. The van der Waals surface area contributed by atoms with Crippen LogP contribution in [0.4, 0.5) is 11.4 Å². The Balaban J connectivity index is 2.44. The zero-order valence-corrected chi connectivity index (χ0v) is 12.2. The molecule has 0 aliphatic carbocycles. The van der Waals surface area contributed by atoms with Gasteiger partial charge in [-0.1, -0.05) is 6.07 Å². The third kappa shape index (κ3) is 3.38. The van der Waals surface area contributed by atoms with Gasteiger partial charge in [-0.2, -0.15) is 0 Å². The summed E-state index contributed by atoms with van der Waals surface area (Å²) in [5.41, 5.74) is 0.287. The van der Waals surface area contributed by atoms with Crippen molar-refractivity contribution in [1.82, 2.24) is 0 Å². The smallest absolute Gasteiger partial charge is 0.335 e. The fourth-order valence-corrected chi connectivity index (χ4v) is 2.74. The summed E-state index contributed by atoms with van der Waals surface area (Å²) in [4.78, 5) is 24.6. The molecule has 0 unspecified atom stereocenters. The molecule has 0 saturated carbocycles. The average Bonchev–Trinajstić information content (AvgIpc) is 2.96. The van der Waals surface area contributed by atoms with E-state index < -0.39 is 10.9 Å². The van der Waals surface area contributed by atoms with E-state index in [0.29, 0.717) is 18.8 Å². The summed E-state index contributed by atoms with van der Waals surface area (Å²) in [6, 6.07) is 7.71. The van der Waals surface area contributed by atoms with E-state index in [1.807, 2.05) is 24.4 Å². The highest BCUT2D eigenvalue weighted by Gasteiger charge is 2.21. The van der Waals surface area contributed by atoms with Gasteiger partial charge in [-0.15, -0.1) is 11.3 Å². The van der Waals surface area contributed by atoms with Crippen LogP contribution in [0.1, 0.15) is 22.2 Å². The summed E-state index contributed by atoms with van der Waals surface area (Å²) >= 11 is 1.56. The molecule has 0 aliphatic heterocycles. The van der Waals surface area contributed by atoms with Crippen LogP contribution in [0.2, 0.25) is 0 Å². The van der Waals surface area contributed by atoms with E-state index in [-0.39, 0.29) is 11.3 Å². The van der Waals surface area contributed by atoms with Crippen LogP contribution in [0.15, 0.2) is 35.7 Å². The molecule has 0 saturated heterocycles. The summed E-state index contributed by atoms with van der Waals surface area (Å²) < 4.78 is 0. The van der Waals surface area contributed by atoms with Crippen molar-refractivity contribution in [3.05, 3.63) is 56.3 Å². The molecule has 7 heteroatoms. The predicted molar refractivity (Wildman–Crippen MR) is 81.1 cm³/mol. The molecule has 0 fully saturated rings. The van der Waals surface area contributed by atoms with Crippen LogP contribution in [0.25, 0.3) is 0 Å². The minimum atomic E-state index is -1.10. The molecule has 1 aromatic carbocycles. The van der Waals surface area contributed by atoms with Gasteiger partial charge >= 0.3 is 5.97 Å². The standard InChI is InChI=1S/C14H14N2O4S/c1-2-15(9-11-4-3-7-21-11)13-8-10(14(17)18)5-6-12(13)16(19)20/h3-8H,2,9H2,1H3,(H,17,18). The molecule has 0 bridgehead atoms. The number of carboxylic acid groups (broad SMARTS) is 1. The number of thiophene rings is 1. The Bertz CT molecular complexity index is 655. The zero-order chi connectivity index (χ0) is 15.4. The third-order valence-electron chi connectivity index (χ3n) is 3.07. The fourth-order valence-electron chi connectivity index (χ4n) is 2.02. The number of nitro groups is 1. The number of rotatable bonds is 6. The van der Waals surface area contributed by atoms with Crippen molar-refractivity contribution in [2.75, 3.05) is 11.4 Å². The molecule has 2 aromatic rings. The van der Waals surface area contributed by atoms with Gasteiger partial charge in [-0.25, -0.2) is 4.79 Å². The first-order valence-electron chi connectivity index (χ1n) is 6.32. The van der Waals surface area contributed by atoms with Crippen molar-refractivity contribution >= 4 is 28.7 Å². The van der Waals surface area contributed by atoms with E-state index in [0.717, 1.165) is 4.88 Å². The van der Waals surface area contributed by atoms with Crippen LogP contribution in [-0.2, 0) is 6.54 Å². The third-order valence-corrected chi connectivity index (χ3v) is 3.93. The van der Waals surface area contributed by atoms with Gasteiger partial charge in [0, 0.05) is 17.5 Å². The molecule has 0 radical (unpaired) electrons. The van der Waals surface area contributed by atoms with E-state index in [1.54, 1.807) is 16.2 Å². The van der Waals surface area contributed by atoms with Gasteiger partial charge in [-0.3, -0.25) is 10.1 Å². The fraction of sp³-hybridized carbons (Fsp3) is 0.214. The Morgan fingerprint density at radius 3 is 2.71 bits per heavy atom. The van der Waals surface area contributed by atoms with E-state index >= 15 is 0 Å². The van der Waals surface area contributed by atoms with Crippen molar-refractivity contribution in [3.63, 3.8) is 0 Å². The molecule has 0 atom stereocenters. The van der Waals surface area contributed by atoms with Crippen LogP contribution in [-0.4, -0.2) is 22.5 Å². The Hall–Kier alpha value is -2.41. The van der Waals surface area contributed by atoms with E-state index in [9.17, 15) is 14.9 Å². The van der Waals surface area contributed by atoms with Gasteiger partial charge in [0.25, 0.3) is 5.69 Å². The second kappa shape index (κ2) is 6.36. The van der Waals surface area contributed by atoms with Crippen LogP contribution in [0, 0.1) is 10.1 Å². The monoisotopic (exact) mass is 306 g/mol. The lowest BCUT2D eigenvalue weighted by atomic mass is 10.1.